The molecule has 0 bridgehead atoms. The third kappa shape index (κ3) is 0.800. The molecule has 1 atom stereocenters. The summed E-state index contributed by atoms with van der Waals surface area (Å²) < 4.78 is 12.2. The van der Waals surface area contributed by atoms with Crippen LogP contribution in [-0.2, 0) is 0 Å². The van der Waals surface area contributed by atoms with Crippen molar-refractivity contribution in [1.82, 2.24) is 5.32 Å². The molecule has 0 aromatic heterocycles. The maximum absolute atomic E-state index is 12.2. The van der Waals surface area contributed by atoms with Gasteiger partial charge in [0.25, 0.3) is 0 Å². The third-order valence-electron chi connectivity index (χ3n) is 1.12. The van der Waals surface area contributed by atoms with Crippen LogP contribution in [-0.4, -0.2) is 19.3 Å². The second-order valence-corrected chi connectivity index (χ2v) is 1.76. The smallest absolute Gasteiger partial charge is 0.134 e. The molecule has 1 fully saturated rings. The van der Waals surface area contributed by atoms with E-state index in [0.717, 1.165) is 0 Å². The highest BCUT2D eigenvalue weighted by atomic mass is 19.1. The zero-order chi connectivity index (χ0) is 5.28. The van der Waals surface area contributed by atoms with E-state index in [0.29, 0.717) is 18.7 Å². The summed E-state index contributed by atoms with van der Waals surface area (Å²) in [6.45, 7) is 4.61. The molecule has 1 saturated heterocycles. The van der Waals surface area contributed by atoms with Crippen molar-refractivity contribution < 1.29 is 4.39 Å². The lowest BCUT2D eigenvalue weighted by molar-refractivity contribution is 0.406. The molecule has 1 nitrogen and oxygen atoms in total. The van der Waals surface area contributed by atoms with Crippen LogP contribution in [0, 0.1) is 0 Å². The Labute approximate surface area is 42.2 Å². The van der Waals surface area contributed by atoms with E-state index in [1.54, 1.807) is 0 Å². The summed E-state index contributed by atoms with van der Waals surface area (Å²) in [5.41, 5.74) is 0.681. The Morgan fingerprint density at radius 3 is 2.71 bits per heavy atom. The number of rotatable bonds is 0. The van der Waals surface area contributed by atoms with E-state index in [2.05, 4.69) is 11.9 Å². The number of alkyl halides is 1. The van der Waals surface area contributed by atoms with Gasteiger partial charge in [-0.3, -0.25) is 0 Å². The first-order valence-electron chi connectivity index (χ1n) is 2.33. The van der Waals surface area contributed by atoms with Gasteiger partial charge in [-0.05, 0) is 5.57 Å². The van der Waals surface area contributed by atoms with E-state index in [9.17, 15) is 4.39 Å². The van der Waals surface area contributed by atoms with Crippen molar-refractivity contribution >= 4 is 0 Å². The van der Waals surface area contributed by atoms with Crippen LogP contribution in [0.4, 0.5) is 4.39 Å². The van der Waals surface area contributed by atoms with E-state index in [-0.39, 0.29) is 0 Å². The third-order valence-corrected chi connectivity index (χ3v) is 1.12. The zero-order valence-corrected chi connectivity index (χ0v) is 4.08. The number of halogens is 1. The second-order valence-electron chi connectivity index (χ2n) is 1.76. The fourth-order valence-corrected chi connectivity index (χ4v) is 0.615. The van der Waals surface area contributed by atoms with Gasteiger partial charge in [-0.15, -0.1) is 0 Å². The van der Waals surface area contributed by atoms with Crippen molar-refractivity contribution in [2.45, 2.75) is 6.17 Å². The standard InChI is InChI=1S/C5H8FN/c1-4-2-7-3-5(4)6/h5,7H,1-3H2/t5-/m0/s1. The van der Waals surface area contributed by atoms with E-state index >= 15 is 0 Å². The Bertz CT molecular complexity index is 90.1. The summed E-state index contributed by atoms with van der Waals surface area (Å²) in [6.07, 6.45) is -0.792. The van der Waals surface area contributed by atoms with Gasteiger partial charge in [-0.25, -0.2) is 4.39 Å². The first-order chi connectivity index (χ1) is 3.30. The molecule has 1 aliphatic heterocycles. The van der Waals surface area contributed by atoms with Crippen molar-refractivity contribution in [3.8, 4) is 0 Å². The lowest BCUT2D eigenvalue weighted by atomic mass is 10.2. The fraction of sp³-hybridized carbons (Fsp3) is 0.600. The van der Waals surface area contributed by atoms with Gasteiger partial charge in [0.2, 0.25) is 0 Å². The topological polar surface area (TPSA) is 12.0 Å². The minimum Gasteiger partial charge on any atom is -0.310 e. The normalized spacial score (nSPS) is 31.6. The second kappa shape index (κ2) is 1.62. The average Bonchev–Trinajstić information content (AvgIpc) is 1.91. The van der Waals surface area contributed by atoms with Crippen molar-refractivity contribution in [2.75, 3.05) is 13.1 Å². The van der Waals surface area contributed by atoms with Crippen molar-refractivity contribution in [3.63, 3.8) is 0 Å². The summed E-state index contributed by atoms with van der Waals surface area (Å²) >= 11 is 0. The number of nitrogens with one attached hydrogen (secondary N) is 1. The summed E-state index contributed by atoms with van der Waals surface area (Å²) in [7, 11) is 0. The number of hydrogen-bond donors (Lipinski definition) is 1. The first kappa shape index (κ1) is 4.78. The van der Waals surface area contributed by atoms with Crippen LogP contribution in [0.25, 0.3) is 0 Å². The Morgan fingerprint density at radius 2 is 2.57 bits per heavy atom. The van der Waals surface area contributed by atoms with Crippen molar-refractivity contribution in [1.29, 1.82) is 0 Å². The summed E-state index contributed by atoms with van der Waals surface area (Å²) in [6, 6.07) is 0. The quantitative estimate of drug-likeness (QED) is 0.438. The molecule has 0 aliphatic carbocycles. The van der Waals surface area contributed by atoms with Crippen LogP contribution in [0.15, 0.2) is 12.2 Å². The minimum absolute atomic E-state index is 0.457. The molecule has 40 valence electrons. The van der Waals surface area contributed by atoms with Crippen LogP contribution in [0.2, 0.25) is 0 Å². The fourth-order valence-electron chi connectivity index (χ4n) is 0.615. The lowest BCUT2D eigenvalue weighted by Gasteiger charge is -1.91. The van der Waals surface area contributed by atoms with Gasteiger partial charge in [0.1, 0.15) is 6.17 Å². The molecule has 1 rings (SSSR count). The van der Waals surface area contributed by atoms with E-state index in [4.69, 9.17) is 0 Å². The van der Waals surface area contributed by atoms with Crippen molar-refractivity contribution in [3.05, 3.63) is 12.2 Å². The summed E-state index contributed by atoms with van der Waals surface area (Å²) in [5, 5.41) is 2.85. The molecular formula is C5H8FN. The Balaban J connectivity index is 2.48. The molecule has 0 spiro atoms. The van der Waals surface area contributed by atoms with Crippen LogP contribution >= 0.6 is 0 Å². The highest BCUT2D eigenvalue weighted by Crippen LogP contribution is 2.06. The monoisotopic (exact) mass is 101 g/mol. The van der Waals surface area contributed by atoms with Gasteiger partial charge >= 0.3 is 0 Å². The first-order valence-corrected chi connectivity index (χ1v) is 2.33. The lowest BCUT2D eigenvalue weighted by Crippen LogP contribution is -2.08. The molecule has 0 unspecified atom stereocenters. The Kier molecular flexibility index (Phi) is 1.11. The van der Waals surface area contributed by atoms with Crippen LogP contribution < -0.4 is 5.32 Å². The molecule has 1 N–H and O–H groups in total. The van der Waals surface area contributed by atoms with E-state index in [1.165, 1.54) is 0 Å². The van der Waals surface area contributed by atoms with Gasteiger partial charge in [0, 0.05) is 13.1 Å². The van der Waals surface area contributed by atoms with Gasteiger partial charge < -0.3 is 5.32 Å². The van der Waals surface area contributed by atoms with Crippen LogP contribution in [0.5, 0.6) is 0 Å². The molecule has 1 heterocycles. The zero-order valence-electron chi connectivity index (χ0n) is 4.08. The van der Waals surface area contributed by atoms with Crippen LogP contribution in [0.1, 0.15) is 0 Å². The Hall–Kier alpha value is -0.370. The van der Waals surface area contributed by atoms with Gasteiger partial charge in [0.15, 0.2) is 0 Å². The van der Waals surface area contributed by atoms with Crippen LogP contribution in [0.3, 0.4) is 0 Å². The van der Waals surface area contributed by atoms with Crippen molar-refractivity contribution in [2.24, 2.45) is 0 Å². The van der Waals surface area contributed by atoms with E-state index < -0.39 is 6.17 Å². The highest BCUT2D eigenvalue weighted by Gasteiger charge is 2.15. The maximum atomic E-state index is 12.2. The average molecular weight is 101 g/mol. The molecule has 0 radical (unpaired) electrons. The molecule has 0 aromatic rings. The minimum atomic E-state index is -0.792. The maximum Gasteiger partial charge on any atom is 0.134 e. The summed E-state index contributed by atoms with van der Waals surface area (Å²) in [4.78, 5) is 0. The molecule has 0 amide bonds. The molecule has 1 aliphatic rings. The molecule has 7 heavy (non-hydrogen) atoms. The molecule has 2 heteroatoms. The SMILES string of the molecule is C=C1CNC[C@@H]1F. The summed E-state index contributed by atoms with van der Waals surface area (Å²) in [5.74, 6) is 0. The predicted octanol–water partition coefficient (Wildman–Crippen LogP) is 0.484. The van der Waals surface area contributed by atoms with Gasteiger partial charge in [0.05, 0.1) is 0 Å². The number of hydrogen-bond acceptors (Lipinski definition) is 1. The van der Waals surface area contributed by atoms with Gasteiger partial charge in [-0.1, -0.05) is 6.58 Å². The van der Waals surface area contributed by atoms with E-state index in [1.807, 2.05) is 0 Å². The highest BCUT2D eigenvalue weighted by molar-refractivity contribution is 5.09. The van der Waals surface area contributed by atoms with Gasteiger partial charge in [-0.2, -0.15) is 0 Å². The Morgan fingerprint density at radius 1 is 1.86 bits per heavy atom. The molecule has 0 saturated carbocycles. The molecular weight excluding hydrogens is 93.1 g/mol. The predicted molar refractivity (Wildman–Crippen MR) is 26.9 cm³/mol. The largest absolute Gasteiger partial charge is 0.310 e. The molecule has 0 aromatic carbocycles.